The van der Waals surface area contributed by atoms with Crippen LogP contribution in [0, 0.1) is 0 Å². The maximum absolute atomic E-state index is 13.1. The van der Waals surface area contributed by atoms with Gasteiger partial charge in [0.05, 0.1) is 16.4 Å². The molecule has 1 saturated heterocycles. The minimum Gasteiger partial charge on any atom is -0.338 e. The first-order valence-electron chi connectivity index (χ1n) is 9.90. The summed E-state index contributed by atoms with van der Waals surface area (Å²) in [6, 6.07) is 14.2. The molecule has 7 heteroatoms. The number of nitrogens with zero attached hydrogens (tertiary/aromatic N) is 3. The van der Waals surface area contributed by atoms with E-state index in [1.165, 1.54) is 16.3 Å². The van der Waals surface area contributed by atoms with E-state index < -0.39 is 0 Å². The molecule has 4 heterocycles. The molecule has 0 spiro atoms. The number of benzene rings is 1. The molecule has 3 aromatic heterocycles. The van der Waals surface area contributed by atoms with Gasteiger partial charge in [-0.15, -0.1) is 22.7 Å². The highest BCUT2D eigenvalue weighted by Gasteiger charge is 2.28. The molecule has 0 unspecified atom stereocenters. The number of rotatable bonds is 4. The van der Waals surface area contributed by atoms with Gasteiger partial charge in [0.1, 0.15) is 4.88 Å². The second-order valence-corrected chi connectivity index (χ2v) is 10.1. The summed E-state index contributed by atoms with van der Waals surface area (Å²) < 4.78 is 3.07. The zero-order chi connectivity index (χ0) is 20.5. The Balaban J connectivity index is 1.26. The van der Waals surface area contributed by atoms with Gasteiger partial charge in [-0.25, -0.2) is 4.98 Å². The molecule has 0 saturated carbocycles. The first-order valence-corrected chi connectivity index (χ1v) is 12.5. The number of carbonyl (C=O) groups excluding carboxylic acids is 1. The molecule has 1 fully saturated rings. The molecule has 5 rings (SSSR count). The molecule has 30 heavy (non-hydrogen) atoms. The largest absolute Gasteiger partial charge is 0.338 e. The van der Waals surface area contributed by atoms with Gasteiger partial charge in [0.15, 0.2) is 0 Å². The Bertz CT molecular complexity index is 1160. The van der Waals surface area contributed by atoms with Crippen LogP contribution in [0.15, 0.2) is 70.1 Å². The van der Waals surface area contributed by atoms with E-state index in [1.807, 2.05) is 57.6 Å². The van der Waals surface area contributed by atoms with Gasteiger partial charge < -0.3 is 9.47 Å². The van der Waals surface area contributed by atoms with Gasteiger partial charge in [-0.2, -0.15) is 0 Å². The zero-order valence-corrected chi connectivity index (χ0v) is 19.4. The van der Waals surface area contributed by atoms with Crippen molar-refractivity contribution in [3.8, 4) is 16.9 Å². The lowest BCUT2D eigenvalue weighted by Crippen LogP contribution is -2.37. The third-order valence-corrected chi connectivity index (χ3v) is 7.89. The minimum atomic E-state index is 0.140. The summed E-state index contributed by atoms with van der Waals surface area (Å²) in [4.78, 5) is 20.9. The predicted octanol–water partition coefficient (Wildman–Crippen LogP) is 6.44. The van der Waals surface area contributed by atoms with Crippen molar-refractivity contribution in [1.82, 2.24) is 14.5 Å². The van der Waals surface area contributed by atoms with Crippen LogP contribution in [0.3, 0.4) is 0 Å². The lowest BCUT2D eigenvalue weighted by atomic mass is 9.97. The molecule has 152 valence electrons. The molecule has 4 aromatic rings. The van der Waals surface area contributed by atoms with Gasteiger partial charge in [0, 0.05) is 46.8 Å². The van der Waals surface area contributed by atoms with E-state index >= 15 is 0 Å². The molecular formula is C23H20BrN3OS2. The Labute approximate surface area is 191 Å². The van der Waals surface area contributed by atoms with Crippen molar-refractivity contribution in [2.45, 2.75) is 18.8 Å². The Morgan fingerprint density at radius 1 is 1.07 bits per heavy atom. The SMILES string of the molecule is O=C(c1sccc1-n1cccc1)N1CCC(c2nc(-c3cccc(Br)c3)cs2)CC1. The number of thiophene rings is 1. The first-order chi connectivity index (χ1) is 14.7. The summed E-state index contributed by atoms with van der Waals surface area (Å²) in [6.07, 6.45) is 5.88. The van der Waals surface area contributed by atoms with E-state index in [9.17, 15) is 4.79 Å². The Morgan fingerprint density at radius 3 is 2.63 bits per heavy atom. The third kappa shape index (κ3) is 3.89. The maximum Gasteiger partial charge on any atom is 0.266 e. The monoisotopic (exact) mass is 497 g/mol. The fourth-order valence-electron chi connectivity index (χ4n) is 3.89. The number of amides is 1. The van der Waals surface area contributed by atoms with E-state index in [-0.39, 0.29) is 5.91 Å². The molecule has 0 aliphatic carbocycles. The van der Waals surface area contributed by atoms with Crippen molar-refractivity contribution in [1.29, 1.82) is 0 Å². The van der Waals surface area contributed by atoms with Crippen LogP contribution in [0.25, 0.3) is 16.9 Å². The summed E-state index contributed by atoms with van der Waals surface area (Å²) in [7, 11) is 0. The van der Waals surface area contributed by atoms with Crippen molar-refractivity contribution in [3.05, 3.63) is 80.0 Å². The van der Waals surface area contributed by atoms with Gasteiger partial charge in [0.25, 0.3) is 5.91 Å². The van der Waals surface area contributed by atoms with E-state index in [0.717, 1.165) is 52.2 Å². The van der Waals surface area contributed by atoms with Crippen molar-refractivity contribution >= 4 is 44.5 Å². The summed E-state index contributed by atoms with van der Waals surface area (Å²) in [5.41, 5.74) is 3.13. The zero-order valence-electron chi connectivity index (χ0n) is 16.2. The standard InChI is InChI=1S/C23H20BrN3OS2/c24-18-5-3-4-17(14-18)19-15-30-22(25-19)16-6-11-27(12-7-16)23(28)21-20(8-13-29-21)26-9-1-2-10-26/h1-5,8-10,13-16H,6-7,11-12H2. The van der Waals surface area contributed by atoms with Crippen molar-refractivity contribution in [2.75, 3.05) is 13.1 Å². The molecular weight excluding hydrogens is 478 g/mol. The molecule has 0 N–H and O–H groups in total. The van der Waals surface area contributed by atoms with E-state index in [1.54, 1.807) is 11.3 Å². The normalized spacial score (nSPS) is 14.9. The summed E-state index contributed by atoms with van der Waals surface area (Å²) in [6.45, 7) is 1.55. The maximum atomic E-state index is 13.1. The van der Waals surface area contributed by atoms with Crippen LogP contribution in [0.4, 0.5) is 0 Å². The first kappa shape index (κ1) is 19.7. The average Bonchev–Trinajstić information content (AvgIpc) is 3.54. The molecule has 0 radical (unpaired) electrons. The van der Waals surface area contributed by atoms with Crippen LogP contribution in [0.1, 0.15) is 33.4 Å². The molecule has 1 aromatic carbocycles. The number of hydrogen-bond acceptors (Lipinski definition) is 4. The third-order valence-electron chi connectivity index (χ3n) is 5.50. The van der Waals surface area contributed by atoms with Crippen LogP contribution in [-0.4, -0.2) is 33.4 Å². The van der Waals surface area contributed by atoms with Crippen LogP contribution < -0.4 is 0 Å². The average molecular weight is 498 g/mol. The fourth-order valence-corrected chi connectivity index (χ4v) is 6.15. The highest BCUT2D eigenvalue weighted by Crippen LogP contribution is 2.34. The quantitative estimate of drug-likeness (QED) is 0.325. The number of thiazole rings is 1. The highest BCUT2D eigenvalue weighted by atomic mass is 79.9. The summed E-state index contributed by atoms with van der Waals surface area (Å²) in [5, 5.41) is 5.32. The minimum absolute atomic E-state index is 0.140. The molecule has 0 bridgehead atoms. The van der Waals surface area contributed by atoms with Gasteiger partial charge in [0.2, 0.25) is 0 Å². The molecule has 4 nitrogen and oxygen atoms in total. The van der Waals surface area contributed by atoms with E-state index in [4.69, 9.17) is 4.98 Å². The van der Waals surface area contributed by atoms with Gasteiger partial charge in [-0.05, 0) is 48.6 Å². The van der Waals surface area contributed by atoms with Crippen LogP contribution in [0.2, 0.25) is 0 Å². The predicted molar refractivity (Wildman–Crippen MR) is 127 cm³/mol. The van der Waals surface area contributed by atoms with E-state index in [2.05, 4.69) is 33.4 Å². The van der Waals surface area contributed by atoms with Crippen LogP contribution in [-0.2, 0) is 0 Å². The number of hydrogen-bond donors (Lipinski definition) is 0. The summed E-state index contributed by atoms with van der Waals surface area (Å²) >= 11 is 6.79. The molecule has 1 aliphatic rings. The number of likely N-dealkylation sites (tertiary alicyclic amines) is 1. The Hall–Kier alpha value is -2.22. The lowest BCUT2D eigenvalue weighted by molar-refractivity contribution is 0.0718. The highest BCUT2D eigenvalue weighted by molar-refractivity contribution is 9.10. The molecule has 1 aliphatic heterocycles. The number of aromatic nitrogens is 2. The molecule has 0 atom stereocenters. The van der Waals surface area contributed by atoms with Gasteiger partial charge >= 0.3 is 0 Å². The smallest absolute Gasteiger partial charge is 0.266 e. The Kier molecular flexibility index (Phi) is 5.58. The lowest BCUT2D eigenvalue weighted by Gasteiger charge is -2.31. The van der Waals surface area contributed by atoms with Gasteiger partial charge in [-0.3, -0.25) is 4.79 Å². The van der Waals surface area contributed by atoms with Crippen LogP contribution >= 0.6 is 38.6 Å². The molecule has 1 amide bonds. The second kappa shape index (κ2) is 8.49. The van der Waals surface area contributed by atoms with Crippen molar-refractivity contribution < 1.29 is 4.79 Å². The number of piperidine rings is 1. The number of halogens is 1. The van der Waals surface area contributed by atoms with Crippen molar-refractivity contribution in [3.63, 3.8) is 0 Å². The van der Waals surface area contributed by atoms with Crippen molar-refractivity contribution in [2.24, 2.45) is 0 Å². The Morgan fingerprint density at radius 2 is 1.87 bits per heavy atom. The van der Waals surface area contributed by atoms with Gasteiger partial charge in [-0.1, -0.05) is 28.1 Å². The summed E-state index contributed by atoms with van der Waals surface area (Å²) in [5.74, 6) is 0.563. The number of carbonyl (C=O) groups is 1. The van der Waals surface area contributed by atoms with Crippen LogP contribution in [0.5, 0.6) is 0 Å². The second-order valence-electron chi connectivity index (χ2n) is 7.37. The fraction of sp³-hybridized carbons (Fsp3) is 0.217. The van der Waals surface area contributed by atoms with E-state index in [0.29, 0.717) is 5.92 Å². The topological polar surface area (TPSA) is 38.1 Å².